The lowest BCUT2D eigenvalue weighted by Gasteiger charge is -2.13. The van der Waals surface area contributed by atoms with Gasteiger partial charge in [-0.15, -0.1) is 0 Å². The third-order valence-electron chi connectivity index (χ3n) is 2.23. The van der Waals surface area contributed by atoms with E-state index < -0.39 is 17.8 Å². The molecule has 0 saturated heterocycles. The molecule has 1 unspecified atom stereocenters. The largest absolute Gasteiger partial charge is 0.416 e. The van der Waals surface area contributed by atoms with Crippen LogP contribution in [0.5, 0.6) is 0 Å². The second-order valence-electron chi connectivity index (χ2n) is 3.68. The predicted octanol–water partition coefficient (Wildman–Crippen LogP) is 1.76. The van der Waals surface area contributed by atoms with Crippen molar-refractivity contribution in [2.75, 3.05) is 12.4 Å². The third kappa shape index (κ3) is 4.01. The van der Waals surface area contributed by atoms with Crippen molar-refractivity contribution in [3.63, 3.8) is 0 Å². The van der Waals surface area contributed by atoms with Gasteiger partial charge in [-0.2, -0.15) is 13.2 Å². The van der Waals surface area contributed by atoms with Crippen molar-refractivity contribution in [2.24, 2.45) is 0 Å². The Labute approximate surface area is 103 Å². The van der Waals surface area contributed by atoms with Crippen LogP contribution in [0.2, 0.25) is 0 Å². The molecule has 1 atom stereocenters. The van der Waals surface area contributed by atoms with E-state index in [1.807, 2.05) is 0 Å². The maximum absolute atomic E-state index is 12.3. The van der Waals surface area contributed by atoms with Gasteiger partial charge in [0.2, 0.25) is 5.91 Å². The summed E-state index contributed by atoms with van der Waals surface area (Å²) in [5.74, 6) is -0.343. The lowest BCUT2D eigenvalue weighted by Crippen LogP contribution is -2.44. The highest BCUT2D eigenvalue weighted by molar-refractivity contribution is 5.94. The molecule has 100 valence electrons. The monoisotopic (exact) mass is 261 g/mol. The maximum Gasteiger partial charge on any atom is 0.416 e. The average Bonchev–Trinajstić information content (AvgIpc) is 2.28. The number of carbonyl (C=O) groups is 1. The van der Waals surface area contributed by atoms with E-state index in [1.54, 1.807) is 14.0 Å². The molecular weight excluding hydrogens is 247 g/mol. The fourth-order valence-corrected chi connectivity index (χ4v) is 1.28. The molecular formula is C11H14F3N3O. The Balaban J connectivity index is 2.67. The molecule has 1 amide bonds. The molecule has 3 N–H and O–H groups in total. The number of anilines is 1. The number of hydrogen-bond acceptors (Lipinski definition) is 3. The SMILES string of the molecule is CNNC(C)C(=O)Nc1ccc(C(F)(F)F)cc1. The Morgan fingerprint density at radius 1 is 1.22 bits per heavy atom. The zero-order valence-electron chi connectivity index (χ0n) is 9.93. The second kappa shape index (κ2) is 5.83. The van der Waals surface area contributed by atoms with Gasteiger partial charge in [0, 0.05) is 5.69 Å². The summed E-state index contributed by atoms with van der Waals surface area (Å²) in [6, 6.07) is 3.77. The van der Waals surface area contributed by atoms with Crippen LogP contribution in [-0.4, -0.2) is 19.0 Å². The van der Waals surface area contributed by atoms with E-state index >= 15 is 0 Å². The predicted molar refractivity (Wildman–Crippen MR) is 61.7 cm³/mol. The smallest absolute Gasteiger partial charge is 0.325 e. The lowest BCUT2D eigenvalue weighted by molar-refractivity contribution is -0.137. The number of hydrogen-bond donors (Lipinski definition) is 3. The fraction of sp³-hybridized carbons (Fsp3) is 0.364. The number of rotatable bonds is 4. The molecule has 1 aromatic carbocycles. The van der Waals surface area contributed by atoms with Crippen LogP contribution in [0, 0.1) is 0 Å². The van der Waals surface area contributed by atoms with Crippen molar-refractivity contribution in [1.29, 1.82) is 0 Å². The minimum absolute atomic E-state index is 0.317. The first-order valence-electron chi connectivity index (χ1n) is 5.25. The highest BCUT2D eigenvalue weighted by Gasteiger charge is 2.30. The molecule has 0 bridgehead atoms. The minimum Gasteiger partial charge on any atom is -0.325 e. The first-order valence-corrected chi connectivity index (χ1v) is 5.25. The Morgan fingerprint density at radius 3 is 2.22 bits per heavy atom. The van der Waals surface area contributed by atoms with Crippen LogP contribution in [0.1, 0.15) is 12.5 Å². The molecule has 0 fully saturated rings. The number of benzene rings is 1. The molecule has 0 saturated carbocycles. The van der Waals surface area contributed by atoms with E-state index in [-0.39, 0.29) is 5.91 Å². The molecule has 0 aliphatic carbocycles. The molecule has 0 aliphatic heterocycles. The Hall–Kier alpha value is -1.60. The first kappa shape index (κ1) is 14.5. The summed E-state index contributed by atoms with van der Waals surface area (Å²) >= 11 is 0. The summed E-state index contributed by atoms with van der Waals surface area (Å²) < 4.78 is 36.9. The van der Waals surface area contributed by atoms with Gasteiger partial charge in [0.25, 0.3) is 0 Å². The summed E-state index contributed by atoms with van der Waals surface area (Å²) in [7, 11) is 1.61. The van der Waals surface area contributed by atoms with Crippen molar-refractivity contribution >= 4 is 11.6 Å². The maximum atomic E-state index is 12.3. The van der Waals surface area contributed by atoms with Gasteiger partial charge in [0.05, 0.1) is 11.6 Å². The van der Waals surface area contributed by atoms with Crippen molar-refractivity contribution in [1.82, 2.24) is 10.9 Å². The van der Waals surface area contributed by atoms with E-state index in [4.69, 9.17) is 0 Å². The average molecular weight is 261 g/mol. The molecule has 0 spiro atoms. The molecule has 1 aromatic rings. The van der Waals surface area contributed by atoms with E-state index in [2.05, 4.69) is 16.2 Å². The number of nitrogens with one attached hydrogen (secondary N) is 3. The zero-order valence-corrected chi connectivity index (χ0v) is 9.93. The topological polar surface area (TPSA) is 53.2 Å². The van der Waals surface area contributed by atoms with Gasteiger partial charge in [-0.25, -0.2) is 5.43 Å². The third-order valence-corrected chi connectivity index (χ3v) is 2.23. The number of halogens is 3. The molecule has 0 radical (unpaired) electrons. The second-order valence-corrected chi connectivity index (χ2v) is 3.68. The summed E-state index contributed by atoms with van der Waals surface area (Å²) in [5.41, 5.74) is 4.83. The van der Waals surface area contributed by atoms with Gasteiger partial charge in [0.1, 0.15) is 0 Å². The van der Waals surface area contributed by atoms with E-state index in [0.717, 1.165) is 12.1 Å². The van der Waals surface area contributed by atoms with Crippen LogP contribution < -0.4 is 16.2 Å². The van der Waals surface area contributed by atoms with Crippen molar-refractivity contribution in [2.45, 2.75) is 19.1 Å². The van der Waals surface area contributed by atoms with Gasteiger partial charge in [-0.3, -0.25) is 10.2 Å². The number of carbonyl (C=O) groups excluding carboxylic acids is 1. The summed E-state index contributed by atoms with van der Waals surface area (Å²) in [4.78, 5) is 11.5. The Kier molecular flexibility index (Phi) is 4.69. The van der Waals surface area contributed by atoms with Gasteiger partial charge in [-0.1, -0.05) is 0 Å². The quantitative estimate of drug-likeness (QED) is 0.724. The van der Waals surface area contributed by atoms with E-state index in [1.165, 1.54) is 12.1 Å². The fourth-order valence-electron chi connectivity index (χ4n) is 1.28. The molecule has 0 aliphatic rings. The Bertz CT molecular complexity index is 403. The molecule has 0 heterocycles. The highest BCUT2D eigenvalue weighted by atomic mass is 19.4. The van der Waals surface area contributed by atoms with Gasteiger partial charge < -0.3 is 5.32 Å². The highest BCUT2D eigenvalue weighted by Crippen LogP contribution is 2.29. The molecule has 4 nitrogen and oxygen atoms in total. The van der Waals surface area contributed by atoms with Crippen LogP contribution in [0.3, 0.4) is 0 Å². The molecule has 0 aromatic heterocycles. The number of amides is 1. The van der Waals surface area contributed by atoms with Crippen LogP contribution >= 0.6 is 0 Å². The summed E-state index contributed by atoms with van der Waals surface area (Å²) in [5, 5.41) is 2.50. The minimum atomic E-state index is -4.37. The van der Waals surface area contributed by atoms with Crippen molar-refractivity contribution in [3.8, 4) is 0 Å². The van der Waals surface area contributed by atoms with Crippen LogP contribution in [-0.2, 0) is 11.0 Å². The standard InChI is InChI=1S/C11H14F3N3O/c1-7(17-15-2)10(18)16-9-5-3-8(4-6-9)11(12,13)14/h3-7,15,17H,1-2H3,(H,16,18). The van der Waals surface area contributed by atoms with E-state index in [9.17, 15) is 18.0 Å². The molecule has 7 heteroatoms. The van der Waals surface area contributed by atoms with Crippen LogP contribution in [0.4, 0.5) is 18.9 Å². The summed E-state index contributed by atoms with van der Waals surface area (Å²) in [6.45, 7) is 1.62. The van der Waals surface area contributed by atoms with Crippen molar-refractivity contribution in [3.05, 3.63) is 29.8 Å². The van der Waals surface area contributed by atoms with Crippen LogP contribution in [0.25, 0.3) is 0 Å². The molecule has 18 heavy (non-hydrogen) atoms. The lowest BCUT2D eigenvalue weighted by atomic mass is 10.2. The Morgan fingerprint density at radius 2 is 1.78 bits per heavy atom. The zero-order chi connectivity index (χ0) is 13.8. The molecule has 1 rings (SSSR count). The van der Waals surface area contributed by atoms with Gasteiger partial charge in [-0.05, 0) is 38.2 Å². The van der Waals surface area contributed by atoms with Gasteiger partial charge in [0.15, 0.2) is 0 Å². The van der Waals surface area contributed by atoms with Gasteiger partial charge >= 0.3 is 6.18 Å². The first-order chi connectivity index (χ1) is 8.34. The normalized spacial score (nSPS) is 13.2. The summed E-state index contributed by atoms with van der Waals surface area (Å²) in [6.07, 6.45) is -4.37. The van der Waals surface area contributed by atoms with E-state index in [0.29, 0.717) is 5.69 Å². The van der Waals surface area contributed by atoms with Crippen molar-refractivity contribution < 1.29 is 18.0 Å². The number of hydrazine groups is 1. The number of alkyl halides is 3. The van der Waals surface area contributed by atoms with Crippen LogP contribution in [0.15, 0.2) is 24.3 Å².